The number of halogens is 1. The number of esters is 1. The highest BCUT2D eigenvalue weighted by Gasteiger charge is 2.35. The Morgan fingerprint density at radius 1 is 1.14 bits per heavy atom. The van der Waals surface area contributed by atoms with Crippen LogP contribution >= 0.6 is 22.9 Å². The number of hydrogen-bond donors (Lipinski definition) is 0. The largest absolute Gasteiger partial charge is 0.463 e. The van der Waals surface area contributed by atoms with Crippen LogP contribution in [-0.4, -0.2) is 17.1 Å². The molecule has 1 unspecified atom stereocenters. The Morgan fingerprint density at radius 3 is 2.54 bits per heavy atom. The Labute approximate surface area is 210 Å². The standard InChI is InChI=1S/C27H21ClN2O4S/c1-3-33-26(32)22-23(17-7-5-4-6-8-17)29-27-30(24(22)18-10-12-19(28)13-11-18)25(31)21(35-27)15-20-14-9-16(2)34-20/h4-15,24H,3H2,1-2H3/b21-15-. The molecule has 1 atom stereocenters. The van der Waals surface area contributed by atoms with Crippen LogP contribution < -0.4 is 14.9 Å². The number of fused-ring (bicyclic) bond motifs is 1. The third-order valence-corrected chi connectivity index (χ3v) is 6.83. The highest BCUT2D eigenvalue weighted by molar-refractivity contribution is 7.07. The molecule has 8 heteroatoms. The van der Waals surface area contributed by atoms with Gasteiger partial charge >= 0.3 is 5.97 Å². The molecule has 0 amide bonds. The summed E-state index contributed by atoms with van der Waals surface area (Å²) >= 11 is 7.40. The van der Waals surface area contributed by atoms with Gasteiger partial charge in [-0.25, -0.2) is 9.79 Å². The molecule has 4 aromatic rings. The minimum atomic E-state index is -0.738. The summed E-state index contributed by atoms with van der Waals surface area (Å²) in [7, 11) is 0. The Balaban J connectivity index is 1.83. The molecule has 35 heavy (non-hydrogen) atoms. The summed E-state index contributed by atoms with van der Waals surface area (Å²) in [6, 6.07) is 19.4. The van der Waals surface area contributed by atoms with E-state index >= 15 is 0 Å². The maximum atomic E-state index is 13.7. The maximum Gasteiger partial charge on any atom is 0.338 e. The normalized spacial score (nSPS) is 15.6. The molecule has 3 heterocycles. The minimum Gasteiger partial charge on any atom is -0.463 e. The number of carbonyl (C=O) groups is 1. The van der Waals surface area contributed by atoms with Gasteiger partial charge in [0, 0.05) is 16.7 Å². The number of thiazole rings is 1. The summed E-state index contributed by atoms with van der Waals surface area (Å²) in [5.41, 5.74) is 1.99. The topological polar surface area (TPSA) is 73.8 Å². The quantitative estimate of drug-likeness (QED) is 0.375. The summed E-state index contributed by atoms with van der Waals surface area (Å²) in [5.74, 6) is 0.800. The first-order chi connectivity index (χ1) is 17.0. The second-order valence-corrected chi connectivity index (χ2v) is 9.38. The van der Waals surface area contributed by atoms with E-state index < -0.39 is 12.0 Å². The van der Waals surface area contributed by atoms with Crippen molar-refractivity contribution in [3.05, 3.63) is 120 Å². The van der Waals surface area contributed by atoms with Gasteiger partial charge in [0.25, 0.3) is 5.56 Å². The zero-order valence-corrected chi connectivity index (χ0v) is 20.6. The lowest BCUT2D eigenvalue weighted by Gasteiger charge is -2.25. The van der Waals surface area contributed by atoms with Crippen LogP contribution in [-0.2, 0) is 9.53 Å². The third kappa shape index (κ3) is 4.40. The van der Waals surface area contributed by atoms with Gasteiger partial charge in [-0.05, 0) is 43.7 Å². The molecule has 0 N–H and O–H groups in total. The molecular weight excluding hydrogens is 484 g/mol. The molecule has 0 bridgehead atoms. The fourth-order valence-corrected chi connectivity index (χ4v) is 5.17. The SMILES string of the molecule is CCOC(=O)C1=C(c2ccccc2)N=c2s/c(=C\c3ccc(C)o3)c(=O)n2C1c1ccc(Cl)cc1. The van der Waals surface area contributed by atoms with Gasteiger partial charge in [0.2, 0.25) is 0 Å². The van der Waals surface area contributed by atoms with Crippen LogP contribution in [0.2, 0.25) is 5.02 Å². The monoisotopic (exact) mass is 504 g/mol. The van der Waals surface area contributed by atoms with Crippen molar-refractivity contribution < 1.29 is 13.9 Å². The smallest absolute Gasteiger partial charge is 0.338 e. The van der Waals surface area contributed by atoms with Gasteiger partial charge in [0.05, 0.1) is 28.5 Å². The molecule has 1 aliphatic rings. The van der Waals surface area contributed by atoms with Gasteiger partial charge < -0.3 is 9.15 Å². The minimum absolute atomic E-state index is 0.194. The van der Waals surface area contributed by atoms with E-state index in [4.69, 9.17) is 25.7 Å². The average Bonchev–Trinajstić information content (AvgIpc) is 3.41. The fourth-order valence-electron chi connectivity index (χ4n) is 4.06. The predicted octanol–water partition coefficient (Wildman–Crippen LogP) is 4.49. The highest BCUT2D eigenvalue weighted by Crippen LogP contribution is 2.35. The summed E-state index contributed by atoms with van der Waals surface area (Å²) in [4.78, 5) is 32.3. The molecule has 6 nitrogen and oxygen atoms in total. The van der Waals surface area contributed by atoms with E-state index in [1.54, 1.807) is 29.7 Å². The number of furan rings is 1. The zero-order chi connectivity index (χ0) is 24.5. The van der Waals surface area contributed by atoms with Gasteiger partial charge in [-0.2, -0.15) is 0 Å². The predicted molar refractivity (Wildman–Crippen MR) is 136 cm³/mol. The summed E-state index contributed by atoms with van der Waals surface area (Å²) in [6.07, 6.45) is 1.70. The number of aryl methyl sites for hydroxylation is 1. The number of ether oxygens (including phenoxy) is 1. The van der Waals surface area contributed by atoms with E-state index in [-0.39, 0.29) is 12.2 Å². The van der Waals surface area contributed by atoms with Crippen molar-refractivity contribution in [2.45, 2.75) is 19.9 Å². The van der Waals surface area contributed by atoms with Crippen molar-refractivity contribution in [3.8, 4) is 0 Å². The fraction of sp³-hybridized carbons (Fsp3) is 0.148. The Hall–Kier alpha value is -3.68. The van der Waals surface area contributed by atoms with Gasteiger partial charge in [-0.3, -0.25) is 9.36 Å². The first-order valence-corrected chi connectivity index (χ1v) is 12.3. The van der Waals surface area contributed by atoms with Crippen LogP contribution in [0.4, 0.5) is 0 Å². The summed E-state index contributed by atoms with van der Waals surface area (Å²) in [6.45, 7) is 3.79. The highest BCUT2D eigenvalue weighted by atomic mass is 35.5. The van der Waals surface area contributed by atoms with Gasteiger partial charge in [0.1, 0.15) is 11.5 Å². The lowest BCUT2D eigenvalue weighted by Crippen LogP contribution is -2.39. The molecule has 0 saturated carbocycles. The van der Waals surface area contributed by atoms with Crippen molar-refractivity contribution in [1.29, 1.82) is 0 Å². The average molecular weight is 505 g/mol. The number of hydrogen-bond acceptors (Lipinski definition) is 6. The van der Waals surface area contributed by atoms with Gasteiger partial charge in [-0.1, -0.05) is 65.4 Å². The van der Waals surface area contributed by atoms with Gasteiger partial charge in [0.15, 0.2) is 4.80 Å². The van der Waals surface area contributed by atoms with Crippen molar-refractivity contribution in [3.63, 3.8) is 0 Å². The lowest BCUT2D eigenvalue weighted by atomic mass is 9.93. The number of nitrogens with zero attached hydrogens (tertiary/aromatic N) is 2. The van der Waals surface area contributed by atoms with E-state index in [1.165, 1.54) is 11.3 Å². The van der Waals surface area contributed by atoms with Crippen molar-refractivity contribution in [2.24, 2.45) is 4.99 Å². The zero-order valence-electron chi connectivity index (χ0n) is 19.0. The van der Waals surface area contributed by atoms with Crippen LogP contribution in [0.3, 0.4) is 0 Å². The first kappa shape index (κ1) is 23.1. The Kier molecular flexibility index (Phi) is 6.28. The van der Waals surface area contributed by atoms with Crippen molar-refractivity contribution in [2.75, 3.05) is 6.61 Å². The van der Waals surface area contributed by atoms with E-state index in [2.05, 4.69) is 0 Å². The maximum absolute atomic E-state index is 13.7. The molecule has 1 aliphatic heterocycles. The number of benzene rings is 2. The molecule has 176 valence electrons. The Morgan fingerprint density at radius 2 is 1.89 bits per heavy atom. The van der Waals surface area contributed by atoms with E-state index in [0.29, 0.717) is 31.4 Å². The third-order valence-electron chi connectivity index (χ3n) is 5.59. The van der Waals surface area contributed by atoms with Crippen LogP contribution in [0.25, 0.3) is 11.8 Å². The molecule has 2 aromatic carbocycles. The molecular formula is C27H21ClN2O4S. The molecule has 5 rings (SSSR count). The number of carbonyl (C=O) groups excluding carboxylic acids is 1. The molecule has 0 saturated heterocycles. The second-order valence-electron chi connectivity index (χ2n) is 7.93. The van der Waals surface area contributed by atoms with E-state index in [1.807, 2.05) is 61.5 Å². The summed E-state index contributed by atoms with van der Waals surface area (Å²) in [5, 5.41) is 0.555. The van der Waals surface area contributed by atoms with Crippen LogP contribution in [0.1, 0.15) is 35.6 Å². The van der Waals surface area contributed by atoms with Gasteiger partial charge in [-0.15, -0.1) is 0 Å². The van der Waals surface area contributed by atoms with Crippen LogP contribution in [0.5, 0.6) is 0 Å². The molecule has 0 aliphatic carbocycles. The molecule has 2 aromatic heterocycles. The lowest BCUT2D eigenvalue weighted by molar-refractivity contribution is -0.138. The van der Waals surface area contributed by atoms with E-state index in [0.717, 1.165) is 16.9 Å². The molecule has 0 spiro atoms. The second kappa shape index (κ2) is 9.52. The molecule has 0 radical (unpaired) electrons. The van der Waals surface area contributed by atoms with Crippen LogP contribution in [0, 0.1) is 6.92 Å². The number of rotatable bonds is 5. The molecule has 0 fully saturated rings. The first-order valence-electron chi connectivity index (χ1n) is 11.1. The van der Waals surface area contributed by atoms with Crippen molar-refractivity contribution >= 4 is 40.7 Å². The van der Waals surface area contributed by atoms with Crippen LogP contribution in [0.15, 0.2) is 86.5 Å². The Bertz CT molecular complexity index is 1610. The summed E-state index contributed by atoms with van der Waals surface area (Å²) < 4.78 is 13.1. The van der Waals surface area contributed by atoms with E-state index in [9.17, 15) is 9.59 Å². The number of aromatic nitrogens is 1. The van der Waals surface area contributed by atoms with Crippen molar-refractivity contribution in [1.82, 2.24) is 4.57 Å².